The lowest BCUT2D eigenvalue weighted by atomic mass is 10.2. The zero-order valence-electron chi connectivity index (χ0n) is 14.2. The van der Waals surface area contributed by atoms with E-state index in [0.717, 1.165) is 39.7 Å². The Morgan fingerprint density at radius 1 is 1.21 bits per heavy atom. The second-order valence-electron chi connectivity index (χ2n) is 5.69. The molecule has 0 unspecified atom stereocenters. The molecule has 3 aromatic rings. The highest BCUT2D eigenvalue weighted by Crippen LogP contribution is 2.34. The van der Waals surface area contributed by atoms with Crippen molar-refractivity contribution in [2.24, 2.45) is 0 Å². The molecule has 6 heteroatoms. The Kier molecular flexibility index (Phi) is 4.49. The van der Waals surface area contributed by atoms with Crippen LogP contribution in [0.2, 0.25) is 0 Å². The SMILES string of the molecule is CCc1nc(Nc2cccc(NC(C)=O)c2)c2c(C)c(C)sc2n1. The first-order valence-electron chi connectivity index (χ1n) is 7.89. The number of aryl methyl sites for hydroxylation is 3. The Morgan fingerprint density at radius 2 is 1.96 bits per heavy atom. The van der Waals surface area contributed by atoms with Gasteiger partial charge in [-0.1, -0.05) is 13.0 Å². The quantitative estimate of drug-likeness (QED) is 0.730. The molecular formula is C18H20N4OS. The lowest BCUT2D eigenvalue weighted by Crippen LogP contribution is -2.06. The Balaban J connectivity index is 2.04. The van der Waals surface area contributed by atoms with Crippen molar-refractivity contribution >= 4 is 44.7 Å². The summed E-state index contributed by atoms with van der Waals surface area (Å²) >= 11 is 1.70. The normalized spacial score (nSPS) is 10.8. The molecule has 0 saturated carbocycles. The molecule has 2 heterocycles. The van der Waals surface area contributed by atoms with Gasteiger partial charge in [0.2, 0.25) is 5.91 Å². The minimum absolute atomic E-state index is 0.0888. The number of amides is 1. The zero-order chi connectivity index (χ0) is 17.3. The van der Waals surface area contributed by atoms with Gasteiger partial charge in [0, 0.05) is 29.6 Å². The van der Waals surface area contributed by atoms with E-state index in [0.29, 0.717) is 0 Å². The van der Waals surface area contributed by atoms with E-state index in [-0.39, 0.29) is 5.91 Å². The fraction of sp³-hybridized carbons (Fsp3) is 0.278. The summed E-state index contributed by atoms with van der Waals surface area (Å²) in [6.45, 7) is 7.76. The van der Waals surface area contributed by atoms with Crippen LogP contribution in [0, 0.1) is 13.8 Å². The van der Waals surface area contributed by atoms with E-state index >= 15 is 0 Å². The molecule has 0 aliphatic rings. The van der Waals surface area contributed by atoms with Crippen LogP contribution in [0.3, 0.4) is 0 Å². The molecule has 0 aliphatic carbocycles. The molecule has 3 rings (SSSR count). The molecule has 124 valence electrons. The Labute approximate surface area is 145 Å². The third-order valence-electron chi connectivity index (χ3n) is 3.84. The van der Waals surface area contributed by atoms with Gasteiger partial charge in [0.05, 0.1) is 5.39 Å². The molecule has 0 saturated heterocycles. The van der Waals surface area contributed by atoms with E-state index in [4.69, 9.17) is 0 Å². The molecule has 0 aliphatic heterocycles. The maximum atomic E-state index is 11.2. The first kappa shape index (κ1) is 16.4. The summed E-state index contributed by atoms with van der Waals surface area (Å²) in [5, 5.41) is 7.26. The predicted octanol–water partition coefficient (Wildman–Crippen LogP) is 4.57. The second kappa shape index (κ2) is 6.57. The number of rotatable bonds is 4. The zero-order valence-corrected chi connectivity index (χ0v) is 15.0. The number of hydrogen-bond acceptors (Lipinski definition) is 5. The first-order valence-corrected chi connectivity index (χ1v) is 8.71. The van der Waals surface area contributed by atoms with Crippen molar-refractivity contribution in [3.05, 3.63) is 40.5 Å². The highest BCUT2D eigenvalue weighted by molar-refractivity contribution is 7.18. The van der Waals surface area contributed by atoms with Gasteiger partial charge < -0.3 is 10.6 Å². The average molecular weight is 340 g/mol. The molecule has 2 aromatic heterocycles. The van der Waals surface area contributed by atoms with E-state index < -0.39 is 0 Å². The van der Waals surface area contributed by atoms with Crippen LogP contribution < -0.4 is 10.6 Å². The van der Waals surface area contributed by atoms with Gasteiger partial charge in [0.15, 0.2) is 0 Å². The highest BCUT2D eigenvalue weighted by Gasteiger charge is 2.14. The Bertz CT molecular complexity index is 917. The number of thiophene rings is 1. The van der Waals surface area contributed by atoms with E-state index in [1.165, 1.54) is 17.4 Å². The second-order valence-corrected chi connectivity index (χ2v) is 6.90. The number of anilines is 3. The smallest absolute Gasteiger partial charge is 0.221 e. The molecular weight excluding hydrogens is 320 g/mol. The standard InChI is InChI=1S/C18H20N4OS/c1-5-15-21-17(16-10(2)11(3)24-18(16)22-15)20-14-8-6-7-13(9-14)19-12(4)23/h6-9H,5H2,1-4H3,(H,19,23)(H,20,21,22). The molecule has 1 aromatic carbocycles. The Hall–Kier alpha value is -2.47. The number of benzene rings is 1. The average Bonchev–Trinajstić information content (AvgIpc) is 2.81. The van der Waals surface area contributed by atoms with Gasteiger partial charge in [0.25, 0.3) is 0 Å². The monoisotopic (exact) mass is 340 g/mol. The van der Waals surface area contributed by atoms with Crippen molar-refractivity contribution in [2.75, 3.05) is 10.6 Å². The number of aromatic nitrogens is 2. The molecule has 0 atom stereocenters. The summed E-state index contributed by atoms with van der Waals surface area (Å²) in [6, 6.07) is 7.62. The number of hydrogen-bond donors (Lipinski definition) is 2. The first-order chi connectivity index (χ1) is 11.5. The lowest BCUT2D eigenvalue weighted by Gasteiger charge is -2.11. The molecule has 5 nitrogen and oxygen atoms in total. The topological polar surface area (TPSA) is 66.9 Å². The summed E-state index contributed by atoms with van der Waals surface area (Å²) in [5.74, 6) is 1.55. The number of carbonyl (C=O) groups is 1. The fourth-order valence-corrected chi connectivity index (χ4v) is 3.61. The van der Waals surface area contributed by atoms with Crippen molar-refractivity contribution < 1.29 is 4.79 Å². The largest absolute Gasteiger partial charge is 0.340 e. The predicted molar refractivity (Wildman–Crippen MR) is 100 cm³/mol. The van der Waals surface area contributed by atoms with Crippen LogP contribution in [-0.4, -0.2) is 15.9 Å². The minimum atomic E-state index is -0.0888. The van der Waals surface area contributed by atoms with Gasteiger partial charge in [-0.05, 0) is 37.6 Å². The molecule has 0 fully saturated rings. The van der Waals surface area contributed by atoms with Gasteiger partial charge in [-0.2, -0.15) is 0 Å². The van der Waals surface area contributed by atoms with Crippen LogP contribution in [0.25, 0.3) is 10.2 Å². The number of nitrogens with zero attached hydrogens (tertiary/aromatic N) is 2. The third kappa shape index (κ3) is 3.23. The summed E-state index contributed by atoms with van der Waals surface area (Å²) in [5.41, 5.74) is 2.84. The van der Waals surface area contributed by atoms with Gasteiger partial charge in [-0.15, -0.1) is 11.3 Å². The number of fused-ring (bicyclic) bond motifs is 1. The van der Waals surface area contributed by atoms with Gasteiger partial charge in [-0.3, -0.25) is 4.79 Å². The van der Waals surface area contributed by atoms with Crippen molar-refractivity contribution in [1.29, 1.82) is 0 Å². The van der Waals surface area contributed by atoms with E-state index in [9.17, 15) is 4.79 Å². The molecule has 0 bridgehead atoms. The third-order valence-corrected chi connectivity index (χ3v) is 4.94. The van der Waals surface area contributed by atoms with Gasteiger partial charge in [0.1, 0.15) is 16.5 Å². The van der Waals surface area contributed by atoms with Gasteiger partial charge >= 0.3 is 0 Å². The van der Waals surface area contributed by atoms with Crippen molar-refractivity contribution in [3.8, 4) is 0 Å². The summed E-state index contributed by atoms with van der Waals surface area (Å²) in [4.78, 5) is 22.8. The fourth-order valence-electron chi connectivity index (χ4n) is 2.56. The van der Waals surface area contributed by atoms with Crippen molar-refractivity contribution in [3.63, 3.8) is 0 Å². The maximum Gasteiger partial charge on any atom is 0.221 e. The molecule has 0 spiro atoms. The van der Waals surface area contributed by atoms with Crippen LogP contribution in [0.15, 0.2) is 24.3 Å². The van der Waals surface area contributed by atoms with E-state index in [1.807, 2.05) is 24.3 Å². The summed E-state index contributed by atoms with van der Waals surface area (Å²) < 4.78 is 0. The number of nitrogens with one attached hydrogen (secondary N) is 2. The van der Waals surface area contributed by atoms with Gasteiger partial charge in [-0.25, -0.2) is 9.97 Å². The van der Waals surface area contributed by atoms with Crippen molar-refractivity contribution in [1.82, 2.24) is 9.97 Å². The molecule has 24 heavy (non-hydrogen) atoms. The molecule has 0 radical (unpaired) electrons. The number of carbonyl (C=O) groups excluding carboxylic acids is 1. The molecule has 1 amide bonds. The lowest BCUT2D eigenvalue weighted by molar-refractivity contribution is -0.114. The van der Waals surface area contributed by atoms with Crippen LogP contribution in [0.1, 0.15) is 30.1 Å². The van der Waals surface area contributed by atoms with E-state index in [1.54, 1.807) is 11.3 Å². The summed E-state index contributed by atoms with van der Waals surface area (Å²) in [6.07, 6.45) is 0.784. The highest BCUT2D eigenvalue weighted by atomic mass is 32.1. The van der Waals surface area contributed by atoms with Crippen LogP contribution in [0.5, 0.6) is 0 Å². The van der Waals surface area contributed by atoms with Crippen LogP contribution in [-0.2, 0) is 11.2 Å². The van der Waals surface area contributed by atoms with Crippen molar-refractivity contribution in [2.45, 2.75) is 34.1 Å². The Morgan fingerprint density at radius 3 is 2.67 bits per heavy atom. The van der Waals surface area contributed by atoms with Crippen LogP contribution in [0.4, 0.5) is 17.2 Å². The minimum Gasteiger partial charge on any atom is -0.340 e. The molecule has 2 N–H and O–H groups in total. The maximum absolute atomic E-state index is 11.2. The summed E-state index contributed by atoms with van der Waals surface area (Å²) in [7, 11) is 0. The van der Waals surface area contributed by atoms with E-state index in [2.05, 4.69) is 41.4 Å². The van der Waals surface area contributed by atoms with Crippen LogP contribution >= 0.6 is 11.3 Å².